The third kappa shape index (κ3) is 3.04. The fourth-order valence-corrected chi connectivity index (χ4v) is 2.92. The first-order valence-electron chi connectivity index (χ1n) is 5.69. The molecule has 3 nitrogen and oxygen atoms in total. The summed E-state index contributed by atoms with van der Waals surface area (Å²) in [5.41, 5.74) is 0.842. The normalized spacial score (nSPS) is 20.7. The van der Waals surface area contributed by atoms with Gasteiger partial charge < -0.3 is 5.32 Å². The summed E-state index contributed by atoms with van der Waals surface area (Å²) < 4.78 is 36.1. The van der Waals surface area contributed by atoms with Crippen LogP contribution in [-0.4, -0.2) is 27.3 Å². The van der Waals surface area contributed by atoms with Crippen molar-refractivity contribution in [2.45, 2.75) is 30.2 Å². The molecule has 1 unspecified atom stereocenters. The van der Waals surface area contributed by atoms with Gasteiger partial charge in [-0.05, 0) is 43.5 Å². The molecule has 0 aliphatic carbocycles. The molecule has 1 aliphatic rings. The minimum atomic E-state index is -3.47. The fraction of sp³-hybridized carbons (Fsp3) is 0.500. The van der Waals surface area contributed by atoms with Crippen molar-refractivity contribution in [3.63, 3.8) is 0 Å². The fourth-order valence-electron chi connectivity index (χ4n) is 2.19. The van der Waals surface area contributed by atoms with Crippen molar-refractivity contribution < 1.29 is 12.8 Å². The molecule has 0 radical (unpaired) electrons. The minimum absolute atomic E-state index is 0.222. The van der Waals surface area contributed by atoms with Crippen LogP contribution in [0.4, 0.5) is 4.39 Å². The molecule has 1 saturated heterocycles. The van der Waals surface area contributed by atoms with Crippen LogP contribution in [0, 0.1) is 5.82 Å². The molecule has 1 aliphatic heterocycles. The average Bonchev–Trinajstić information content (AvgIpc) is 2.68. The average molecular weight is 257 g/mol. The van der Waals surface area contributed by atoms with Crippen molar-refractivity contribution in [2.24, 2.45) is 0 Å². The van der Waals surface area contributed by atoms with E-state index < -0.39 is 15.7 Å². The summed E-state index contributed by atoms with van der Waals surface area (Å²) >= 11 is 0. The monoisotopic (exact) mass is 257 g/mol. The molecule has 5 heteroatoms. The summed E-state index contributed by atoms with van der Waals surface area (Å²) in [6.07, 6.45) is 4.01. The Morgan fingerprint density at radius 1 is 1.47 bits per heavy atom. The van der Waals surface area contributed by atoms with E-state index >= 15 is 0 Å². The molecule has 94 valence electrons. The maximum absolute atomic E-state index is 13.6. The Bertz CT molecular complexity index is 507. The van der Waals surface area contributed by atoms with Crippen molar-refractivity contribution in [3.05, 3.63) is 29.6 Å². The van der Waals surface area contributed by atoms with E-state index in [0.29, 0.717) is 6.04 Å². The molecule has 0 bridgehead atoms. The lowest BCUT2D eigenvalue weighted by Gasteiger charge is -2.10. The summed E-state index contributed by atoms with van der Waals surface area (Å²) in [4.78, 5) is -0.222. The molecule has 0 saturated carbocycles. The van der Waals surface area contributed by atoms with Crippen LogP contribution in [0.3, 0.4) is 0 Å². The Balaban J connectivity index is 2.19. The Kier molecular flexibility index (Phi) is 3.49. The quantitative estimate of drug-likeness (QED) is 0.893. The van der Waals surface area contributed by atoms with Gasteiger partial charge in [0.15, 0.2) is 9.84 Å². The number of rotatable bonds is 3. The van der Waals surface area contributed by atoms with E-state index in [1.54, 1.807) is 6.07 Å². The first kappa shape index (κ1) is 12.5. The predicted octanol–water partition coefficient (Wildman–Crippen LogP) is 1.52. The van der Waals surface area contributed by atoms with E-state index in [0.717, 1.165) is 37.6 Å². The van der Waals surface area contributed by atoms with Crippen molar-refractivity contribution in [3.8, 4) is 0 Å². The smallest absolute Gasteiger partial charge is 0.178 e. The molecule has 0 spiro atoms. The molecule has 1 heterocycles. The largest absolute Gasteiger partial charge is 0.314 e. The highest BCUT2D eigenvalue weighted by atomic mass is 32.2. The van der Waals surface area contributed by atoms with E-state index in [2.05, 4.69) is 5.32 Å². The highest BCUT2D eigenvalue weighted by Crippen LogP contribution is 2.18. The van der Waals surface area contributed by atoms with Gasteiger partial charge in [-0.2, -0.15) is 0 Å². The molecular weight excluding hydrogens is 241 g/mol. The third-order valence-electron chi connectivity index (χ3n) is 3.04. The van der Waals surface area contributed by atoms with Crippen LogP contribution in [0.15, 0.2) is 23.1 Å². The van der Waals surface area contributed by atoms with Crippen LogP contribution in [0.5, 0.6) is 0 Å². The van der Waals surface area contributed by atoms with Crippen LogP contribution in [0.25, 0.3) is 0 Å². The van der Waals surface area contributed by atoms with E-state index in [4.69, 9.17) is 0 Å². The first-order chi connectivity index (χ1) is 7.97. The molecule has 1 atom stereocenters. The second-order valence-corrected chi connectivity index (χ2v) is 6.52. The lowest BCUT2D eigenvalue weighted by Crippen LogP contribution is -2.23. The van der Waals surface area contributed by atoms with E-state index in [1.165, 1.54) is 12.1 Å². The van der Waals surface area contributed by atoms with Gasteiger partial charge in [-0.15, -0.1) is 0 Å². The number of halogens is 1. The lowest BCUT2D eigenvalue weighted by molar-refractivity contribution is 0.564. The number of hydrogen-bond donors (Lipinski definition) is 1. The summed E-state index contributed by atoms with van der Waals surface area (Å²) in [5.74, 6) is -0.650. The number of benzene rings is 1. The summed E-state index contributed by atoms with van der Waals surface area (Å²) in [7, 11) is -3.47. The summed E-state index contributed by atoms with van der Waals surface area (Å²) in [5, 5.41) is 3.33. The van der Waals surface area contributed by atoms with Crippen molar-refractivity contribution in [1.29, 1.82) is 0 Å². The van der Waals surface area contributed by atoms with Gasteiger partial charge in [-0.1, -0.05) is 6.07 Å². The Morgan fingerprint density at radius 3 is 2.76 bits per heavy atom. The highest BCUT2D eigenvalue weighted by molar-refractivity contribution is 7.90. The van der Waals surface area contributed by atoms with E-state index in [9.17, 15) is 12.8 Å². The molecular formula is C12H16FNO2S. The van der Waals surface area contributed by atoms with Gasteiger partial charge in [0.2, 0.25) is 0 Å². The third-order valence-corrected chi connectivity index (χ3v) is 4.17. The Labute approximate surface area is 101 Å². The highest BCUT2D eigenvalue weighted by Gasteiger charge is 2.17. The van der Waals surface area contributed by atoms with Gasteiger partial charge in [0.25, 0.3) is 0 Å². The molecule has 0 amide bonds. The zero-order chi connectivity index (χ0) is 12.5. The second kappa shape index (κ2) is 4.74. The number of sulfone groups is 1. The zero-order valence-corrected chi connectivity index (χ0v) is 10.6. The summed E-state index contributed by atoms with van der Waals surface area (Å²) in [6, 6.07) is 4.77. The summed E-state index contributed by atoms with van der Waals surface area (Å²) in [6.45, 7) is 1.01. The van der Waals surface area contributed by atoms with Gasteiger partial charge in [-0.3, -0.25) is 0 Å². The van der Waals surface area contributed by atoms with E-state index in [-0.39, 0.29) is 4.90 Å². The van der Waals surface area contributed by atoms with Crippen molar-refractivity contribution in [1.82, 2.24) is 5.32 Å². The molecule has 1 aromatic carbocycles. The lowest BCUT2D eigenvalue weighted by atomic mass is 10.0. The van der Waals surface area contributed by atoms with Gasteiger partial charge in [0.05, 0.1) is 0 Å². The first-order valence-corrected chi connectivity index (χ1v) is 7.58. The van der Waals surface area contributed by atoms with Crippen LogP contribution in [0.1, 0.15) is 18.4 Å². The SMILES string of the molecule is CS(=O)(=O)c1ccc(CC2CCCN2)cc1F. The van der Waals surface area contributed by atoms with Crippen LogP contribution >= 0.6 is 0 Å². The van der Waals surface area contributed by atoms with Crippen LogP contribution < -0.4 is 5.32 Å². The van der Waals surface area contributed by atoms with Crippen molar-refractivity contribution >= 4 is 9.84 Å². The molecule has 0 aromatic heterocycles. The van der Waals surface area contributed by atoms with Crippen molar-refractivity contribution in [2.75, 3.05) is 12.8 Å². The maximum atomic E-state index is 13.6. The second-order valence-electron chi connectivity index (χ2n) is 4.53. The standard InChI is InChI=1S/C12H16FNO2S/c1-17(15,16)12-5-4-9(8-11(12)13)7-10-3-2-6-14-10/h4-5,8,10,14H,2-3,6-7H2,1H3. The zero-order valence-electron chi connectivity index (χ0n) is 9.74. The Morgan fingerprint density at radius 2 is 2.24 bits per heavy atom. The molecule has 17 heavy (non-hydrogen) atoms. The predicted molar refractivity (Wildman–Crippen MR) is 64.2 cm³/mol. The molecule has 1 fully saturated rings. The van der Waals surface area contributed by atoms with Gasteiger partial charge >= 0.3 is 0 Å². The maximum Gasteiger partial charge on any atom is 0.178 e. The minimum Gasteiger partial charge on any atom is -0.314 e. The number of nitrogens with one attached hydrogen (secondary N) is 1. The molecule has 2 rings (SSSR count). The molecule has 1 N–H and O–H groups in total. The number of hydrogen-bond acceptors (Lipinski definition) is 3. The van der Waals surface area contributed by atoms with Gasteiger partial charge in [0, 0.05) is 12.3 Å². The van der Waals surface area contributed by atoms with E-state index in [1.807, 2.05) is 0 Å². The van der Waals surface area contributed by atoms with Crippen LogP contribution in [0.2, 0.25) is 0 Å². The molecule has 1 aromatic rings. The topological polar surface area (TPSA) is 46.2 Å². The van der Waals surface area contributed by atoms with Crippen LogP contribution in [-0.2, 0) is 16.3 Å². The Hall–Kier alpha value is -0.940. The van der Waals surface area contributed by atoms with Gasteiger partial charge in [-0.25, -0.2) is 12.8 Å². The van der Waals surface area contributed by atoms with Gasteiger partial charge in [0.1, 0.15) is 10.7 Å².